The van der Waals surface area contributed by atoms with Gasteiger partial charge in [0.15, 0.2) is 11.5 Å². The van der Waals surface area contributed by atoms with Crippen LogP contribution in [0.25, 0.3) is 0 Å². The number of rotatable bonds is 4. The Labute approximate surface area is 164 Å². The van der Waals surface area contributed by atoms with Crippen molar-refractivity contribution in [3.63, 3.8) is 0 Å². The van der Waals surface area contributed by atoms with E-state index in [1.807, 2.05) is 23.9 Å². The van der Waals surface area contributed by atoms with Gasteiger partial charge in [0.25, 0.3) is 11.5 Å². The molecule has 1 fully saturated rings. The molecule has 2 aromatic rings. The molecular formula is C20H26N6O2. The van der Waals surface area contributed by atoms with Crippen molar-refractivity contribution in [1.29, 1.82) is 0 Å². The zero-order valence-corrected chi connectivity index (χ0v) is 16.5. The normalized spacial score (nSPS) is 18.8. The Balaban J connectivity index is 1.52. The van der Waals surface area contributed by atoms with Crippen LogP contribution in [0.3, 0.4) is 0 Å². The Bertz CT molecular complexity index is 921. The van der Waals surface area contributed by atoms with E-state index < -0.39 is 0 Å². The summed E-state index contributed by atoms with van der Waals surface area (Å²) in [7, 11) is 3.76. The fraction of sp³-hybridized carbons (Fsp3) is 0.550. The number of amides is 1. The lowest BCUT2D eigenvalue weighted by Crippen LogP contribution is -2.41. The molecule has 2 aliphatic rings. The van der Waals surface area contributed by atoms with Gasteiger partial charge in [0, 0.05) is 26.7 Å². The van der Waals surface area contributed by atoms with E-state index in [1.54, 1.807) is 22.9 Å². The third-order valence-corrected chi connectivity index (χ3v) is 5.62. The predicted molar refractivity (Wildman–Crippen MR) is 106 cm³/mol. The van der Waals surface area contributed by atoms with Crippen LogP contribution in [0.1, 0.15) is 47.4 Å². The van der Waals surface area contributed by atoms with E-state index in [0.29, 0.717) is 24.6 Å². The first-order chi connectivity index (χ1) is 13.5. The molecule has 1 amide bonds. The molecule has 0 bridgehead atoms. The molecule has 1 saturated heterocycles. The summed E-state index contributed by atoms with van der Waals surface area (Å²) < 4.78 is 1.54. The number of nitrogens with zero attached hydrogens (tertiary/aromatic N) is 6. The van der Waals surface area contributed by atoms with Gasteiger partial charge in [-0.2, -0.15) is 5.10 Å². The average molecular weight is 382 g/mol. The molecule has 0 aromatic carbocycles. The maximum Gasteiger partial charge on any atom is 0.274 e. The molecule has 3 heterocycles. The quantitative estimate of drug-likeness (QED) is 0.792. The highest BCUT2D eigenvalue weighted by molar-refractivity contribution is 5.92. The Morgan fingerprint density at radius 2 is 2.00 bits per heavy atom. The molecule has 28 heavy (non-hydrogen) atoms. The number of likely N-dealkylation sites (tertiary alicyclic amines) is 1. The van der Waals surface area contributed by atoms with Crippen LogP contribution in [0.15, 0.2) is 23.0 Å². The number of carbonyl (C=O) groups excluding carboxylic acids is 1. The van der Waals surface area contributed by atoms with Crippen LogP contribution in [-0.2, 0) is 19.4 Å². The molecule has 1 aliphatic carbocycles. The number of hydrogen-bond donors (Lipinski definition) is 0. The van der Waals surface area contributed by atoms with Crippen molar-refractivity contribution < 1.29 is 4.79 Å². The SMILES string of the molecule is CN(C)c1ccc(C(=O)N2CCCC2Cn2nc3c(cc2=O)CCCC3)nn1. The number of carbonyl (C=O) groups is 1. The fourth-order valence-corrected chi connectivity index (χ4v) is 4.05. The molecule has 1 aliphatic heterocycles. The molecular weight excluding hydrogens is 356 g/mol. The second kappa shape index (κ2) is 7.69. The van der Waals surface area contributed by atoms with Crippen LogP contribution in [0.4, 0.5) is 5.82 Å². The Hall–Kier alpha value is -2.77. The minimum atomic E-state index is -0.133. The molecule has 4 rings (SSSR count). The molecule has 0 spiro atoms. The van der Waals surface area contributed by atoms with Crippen molar-refractivity contribution >= 4 is 11.7 Å². The predicted octanol–water partition coefficient (Wildman–Crippen LogP) is 1.28. The van der Waals surface area contributed by atoms with E-state index in [1.165, 1.54) is 0 Å². The van der Waals surface area contributed by atoms with E-state index >= 15 is 0 Å². The van der Waals surface area contributed by atoms with E-state index in [2.05, 4.69) is 15.3 Å². The number of aryl methyl sites for hydroxylation is 2. The van der Waals surface area contributed by atoms with Crippen molar-refractivity contribution in [2.24, 2.45) is 0 Å². The van der Waals surface area contributed by atoms with E-state index in [-0.39, 0.29) is 17.5 Å². The number of aromatic nitrogens is 4. The summed E-state index contributed by atoms with van der Waals surface area (Å²) in [5, 5.41) is 12.8. The molecule has 1 atom stereocenters. The molecule has 148 valence electrons. The minimum absolute atomic E-state index is 0.0466. The van der Waals surface area contributed by atoms with Gasteiger partial charge in [-0.15, -0.1) is 10.2 Å². The first-order valence-corrected chi connectivity index (χ1v) is 9.95. The molecule has 0 saturated carbocycles. The summed E-state index contributed by atoms with van der Waals surface area (Å²) in [4.78, 5) is 29.1. The molecule has 1 unspecified atom stereocenters. The summed E-state index contributed by atoms with van der Waals surface area (Å²) in [6.45, 7) is 1.10. The summed E-state index contributed by atoms with van der Waals surface area (Å²) >= 11 is 0. The molecule has 8 heteroatoms. The second-order valence-electron chi connectivity index (χ2n) is 7.81. The third kappa shape index (κ3) is 3.63. The van der Waals surface area contributed by atoms with Gasteiger partial charge in [0.2, 0.25) is 0 Å². The van der Waals surface area contributed by atoms with E-state index in [0.717, 1.165) is 49.8 Å². The van der Waals surface area contributed by atoms with Crippen LogP contribution in [0.2, 0.25) is 0 Å². The lowest BCUT2D eigenvalue weighted by Gasteiger charge is -2.25. The standard InChI is InChI=1S/C20H26N6O2/c1-24(2)18-10-9-17(21-22-18)20(28)25-11-5-7-15(25)13-26-19(27)12-14-6-3-4-8-16(14)23-26/h9-10,12,15H,3-8,11,13H2,1-2H3. The fourth-order valence-electron chi connectivity index (χ4n) is 4.05. The van der Waals surface area contributed by atoms with E-state index in [4.69, 9.17) is 0 Å². The molecule has 0 N–H and O–H groups in total. The first kappa shape index (κ1) is 18.6. The van der Waals surface area contributed by atoms with Gasteiger partial charge in [-0.3, -0.25) is 9.59 Å². The van der Waals surface area contributed by atoms with Crippen molar-refractivity contribution in [2.45, 2.75) is 51.1 Å². The summed E-state index contributed by atoms with van der Waals surface area (Å²) in [5.74, 6) is 0.575. The van der Waals surface area contributed by atoms with Gasteiger partial charge in [-0.25, -0.2) is 4.68 Å². The Morgan fingerprint density at radius 1 is 1.18 bits per heavy atom. The highest BCUT2D eigenvalue weighted by atomic mass is 16.2. The van der Waals surface area contributed by atoms with Gasteiger partial charge >= 0.3 is 0 Å². The van der Waals surface area contributed by atoms with Gasteiger partial charge in [0.05, 0.1) is 18.3 Å². The van der Waals surface area contributed by atoms with E-state index in [9.17, 15) is 9.59 Å². The van der Waals surface area contributed by atoms with Crippen molar-refractivity contribution in [3.05, 3.63) is 45.5 Å². The molecule has 8 nitrogen and oxygen atoms in total. The number of anilines is 1. The largest absolute Gasteiger partial charge is 0.361 e. The highest BCUT2D eigenvalue weighted by Crippen LogP contribution is 2.22. The molecule has 2 aromatic heterocycles. The zero-order valence-electron chi connectivity index (χ0n) is 16.5. The van der Waals surface area contributed by atoms with Crippen LogP contribution < -0.4 is 10.5 Å². The smallest absolute Gasteiger partial charge is 0.274 e. The maximum atomic E-state index is 12.9. The van der Waals surface area contributed by atoms with Crippen molar-refractivity contribution in [1.82, 2.24) is 24.9 Å². The van der Waals surface area contributed by atoms with Gasteiger partial charge in [0.1, 0.15) is 0 Å². The van der Waals surface area contributed by atoms with Gasteiger partial charge in [-0.1, -0.05) is 0 Å². The second-order valence-corrected chi connectivity index (χ2v) is 7.81. The minimum Gasteiger partial charge on any atom is -0.361 e. The van der Waals surface area contributed by atoms with Crippen molar-refractivity contribution in [3.8, 4) is 0 Å². The van der Waals surface area contributed by atoms with Crippen LogP contribution in [0.5, 0.6) is 0 Å². The summed E-state index contributed by atoms with van der Waals surface area (Å²) in [5.41, 5.74) is 2.38. The van der Waals surface area contributed by atoms with Crippen molar-refractivity contribution in [2.75, 3.05) is 25.5 Å². The zero-order chi connectivity index (χ0) is 19.7. The lowest BCUT2D eigenvalue weighted by molar-refractivity contribution is 0.0713. The number of fused-ring (bicyclic) bond motifs is 1. The average Bonchev–Trinajstić information content (AvgIpc) is 3.16. The van der Waals surface area contributed by atoms with Gasteiger partial charge in [-0.05, 0) is 56.2 Å². The maximum absolute atomic E-state index is 12.9. The third-order valence-electron chi connectivity index (χ3n) is 5.62. The van der Waals surface area contributed by atoms with Crippen LogP contribution in [0, 0.1) is 0 Å². The molecule has 0 radical (unpaired) electrons. The number of hydrogen-bond acceptors (Lipinski definition) is 6. The van der Waals surface area contributed by atoms with Gasteiger partial charge < -0.3 is 9.80 Å². The topological polar surface area (TPSA) is 84.2 Å². The summed E-state index contributed by atoms with van der Waals surface area (Å²) in [6, 6.07) is 5.19. The summed E-state index contributed by atoms with van der Waals surface area (Å²) in [6.07, 6.45) is 5.88. The van der Waals surface area contributed by atoms with Crippen LogP contribution in [-0.4, -0.2) is 57.5 Å². The first-order valence-electron chi connectivity index (χ1n) is 9.95. The Kier molecular flexibility index (Phi) is 5.11. The Morgan fingerprint density at radius 3 is 2.75 bits per heavy atom. The lowest BCUT2D eigenvalue weighted by atomic mass is 9.97. The highest BCUT2D eigenvalue weighted by Gasteiger charge is 2.31. The monoisotopic (exact) mass is 382 g/mol. The van der Waals surface area contributed by atoms with Crippen LogP contribution >= 0.6 is 0 Å².